The van der Waals surface area contributed by atoms with Crippen LogP contribution in [0, 0.1) is 20.8 Å². The molecule has 0 atom stereocenters. The first-order chi connectivity index (χ1) is 10.5. The molecule has 0 saturated carbocycles. The highest BCUT2D eigenvalue weighted by atomic mass is 16.5. The van der Waals surface area contributed by atoms with Gasteiger partial charge in [0.15, 0.2) is 0 Å². The zero-order chi connectivity index (χ0) is 16.1. The van der Waals surface area contributed by atoms with Gasteiger partial charge in [-0.15, -0.1) is 0 Å². The Kier molecular flexibility index (Phi) is 5.04. The fourth-order valence-corrected chi connectivity index (χ4v) is 2.22. The van der Waals surface area contributed by atoms with Crippen molar-refractivity contribution in [3.63, 3.8) is 0 Å². The number of rotatable bonds is 6. The van der Waals surface area contributed by atoms with E-state index >= 15 is 0 Å². The molecule has 0 amide bonds. The molecule has 0 unspecified atom stereocenters. The molecule has 0 aliphatic heterocycles. The van der Waals surface area contributed by atoms with Crippen LogP contribution in [0.1, 0.15) is 27.0 Å². The Hall–Kier alpha value is -2.49. The topological polar surface area (TPSA) is 55.8 Å². The summed E-state index contributed by atoms with van der Waals surface area (Å²) in [5, 5.41) is 8.99. The highest BCUT2D eigenvalue weighted by molar-refractivity contribution is 5.88. The van der Waals surface area contributed by atoms with Crippen LogP contribution in [-0.4, -0.2) is 24.3 Å². The number of hydrogen-bond acceptors (Lipinski definition) is 3. The fourth-order valence-electron chi connectivity index (χ4n) is 2.22. The molecule has 22 heavy (non-hydrogen) atoms. The largest absolute Gasteiger partial charge is 0.490 e. The van der Waals surface area contributed by atoms with Gasteiger partial charge in [-0.1, -0.05) is 12.1 Å². The first-order valence-electron chi connectivity index (χ1n) is 7.13. The van der Waals surface area contributed by atoms with Crippen LogP contribution in [-0.2, 0) is 0 Å². The maximum atomic E-state index is 11.0. The van der Waals surface area contributed by atoms with E-state index in [4.69, 9.17) is 14.6 Å². The van der Waals surface area contributed by atoms with Gasteiger partial charge < -0.3 is 14.6 Å². The Labute approximate surface area is 130 Å². The highest BCUT2D eigenvalue weighted by Gasteiger charge is 2.07. The molecule has 0 fully saturated rings. The van der Waals surface area contributed by atoms with Crippen molar-refractivity contribution in [1.82, 2.24) is 0 Å². The van der Waals surface area contributed by atoms with E-state index in [1.807, 2.05) is 32.9 Å². The van der Waals surface area contributed by atoms with Gasteiger partial charge in [-0.3, -0.25) is 0 Å². The Bertz CT molecular complexity index is 657. The van der Waals surface area contributed by atoms with Gasteiger partial charge in [-0.05, 0) is 61.7 Å². The predicted octanol–water partition coefficient (Wildman–Crippen LogP) is 3.77. The SMILES string of the molecule is Cc1cc(C)cc(OCCOc2cc(C(=O)O)ccc2C)c1. The van der Waals surface area contributed by atoms with Crippen LogP contribution in [0.4, 0.5) is 0 Å². The van der Waals surface area contributed by atoms with Gasteiger partial charge in [0.05, 0.1) is 5.56 Å². The van der Waals surface area contributed by atoms with Crippen LogP contribution in [0.5, 0.6) is 11.5 Å². The van der Waals surface area contributed by atoms with Gasteiger partial charge in [0.25, 0.3) is 0 Å². The van der Waals surface area contributed by atoms with E-state index in [2.05, 4.69) is 6.07 Å². The Morgan fingerprint density at radius 3 is 2.23 bits per heavy atom. The normalized spacial score (nSPS) is 10.3. The first kappa shape index (κ1) is 15.9. The fraction of sp³-hybridized carbons (Fsp3) is 0.278. The van der Waals surface area contributed by atoms with Gasteiger partial charge >= 0.3 is 5.97 Å². The predicted molar refractivity (Wildman–Crippen MR) is 85.0 cm³/mol. The molecule has 4 nitrogen and oxygen atoms in total. The zero-order valence-corrected chi connectivity index (χ0v) is 13.1. The van der Waals surface area contributed by atoms with Crippen LogP contribution in [0.3, 0.4) is 0 Å². The Morgan fingerprint density at radius 2 is 1.59 bits per heavy atom. The van der Waals surface area contributed by atoms with Crippen molar-refractivity contribution in [2.45, 2.75) is 20.8 Å². The van der Waals surface area contributed by atoms with Gasteiger partial charge in [-0.2, -0.15) is 0 Å². The molecule has 0 spiro atoms. The van der Waals surface area contributed by atoms with E-state index in [1.54, 1.807) is 12.1 Å². The van der Waals surface area contributed by atoms with Gasteiger partial charge in [0.2, 0.25) is 0 Å². The maximum absolute atomic E-state index is 11.0. The Morgan fingerprint density at radius 1 is 0.955 bits per heavy atom. The van der Waals surface area contributed by atoms with Crippen LogP contribution in [0.15, 0.2) is 36.4 Å². The summed E-state index contributed by atoms with van der Waals surface area (Å²) >= 11 is 0. The molecule has 0 bridgehead atoms. The summed E-state index contributed by atoms with van der Waals surface area (Å²) in [4.78, 5) is 11.0. The van der Waals surface area contributed by atoms with Gasteiger partial charge in [-0.25, -0.2) is 4.79 Å². The van der Waals surface area contributed by atoms with Crippen molar-refractivity contribution in [1.29, 1.82) is 0 Å². The summed E-state index contributed by atoms with van der Waals surface area (Å²) in [6.45, 7) is 6.69. The van der Waals surface area contributed by atoms with Crippen molar-refractivity contribution in [2.24, 2.45) is 0 Å². The minimum atomic E-state index is -0.962. The van der Waals surface area contributed by atoms with Crippen molar-refractivity contribution in [3.05, 3.63) is 58.7 Å². The second-order valence-electron chi connectivity index (χ2n) is 5.31. The molecular weight excluding hydrogens is 280 g/mol. The monoisotopic (exact) mass is 300 g/mol. The smallest absolute Gasteiger partial charge is 0.335 e. The molecule has 0 aliphatic rings. The highest BCUT2D eigenvalue weighted by Crippen LogP contribution is 2.20. The molecule has 0 aliphatic carbocycles. The summed E-state index contributed by atoms with van der Waals surface area (Å²) in [7, 11) is 0. The first-order valence-corrected chi connectivity index (χ1v) is 7.13. The molecule has 0 radical (unpaired) electrons. The number of benzene rings is 2. The molecule has 4 heteroatoms. The zero-order valence-electron chi connectivity index (χ0n) is 13.1. The van der Waals surface area contributed by atoms with Gasteiger partial charge in [0.1, 0.15) is 24.7 Å². The van der Waals surface area contributed by atoms with E-state index in [0.29, 0.717) is 19.0 Å². The standard InChI is InChI=1S/C18H20O4/c1-12-8-13(2)10-16(9-12)21-6-7-22-17-11-15(18(19)20)5-4-14(17)3/h4-5,8-11H,6-7H2,1-3H3,(H,19,20). The number of ether oxygens (including phenoxy) is 2. The minimum Gasteiger partial charge on any atom is -0.490 e. The van der Waals surface area contributed by atoms with Crippen LogP contribution >= 0.6 is 0 Å². The lowest BCUT2D eigenvalue weighted by molar-refractivity contribution is 0.0696. The maximum Gasteiger partial charge on any atom is 0.335 e. The summed E-state index contributed by atoms with van der Waals surface area (Å²) in [6.07, 6.45) is 0. The molecular formula is C18H20O4. The van der Waals surface area contributed by atoms with Crippen LogP contribution in [0.25, 0.3) is 0 Å². The van der Waals surface area contributed by atoms with E-state index in [0.717, 1.165) is 22.4 Å². The summed E-state index contributed by atoms with van der Waals surface area (Å²) < 4.78 is 11.3. The molecule has 2 rings (SSSR count). The number of aromatic carboxylic acids is 1. The van der Waals surface area contributed by atoms with Crippen molar-refractivity contribution in [3.8, 4) is 11.5 Å². The molecule has 1 N–H and O–H groups in total. The Balaban J connectivity index is 1.91. The second-order valence-corrected chi connectivity index (χ2v) is 5.31. The average molecular weight is 300 g/mol. The number of carbonyl (C=O) groups is 1. The molecule has 2 aromatic carbocycles. The third-order valence-corrected chi connectivity index (χ3v) is 3.24. The van der Waals surface area contributed by atoms with Crippen molar-refractivity contribution in [2.75, 3.05) is 13.2 Å². The van der Waals surface area contributed by atoms with E-state index in [-0.39, 0.29) is 5.56 Å². The molecule has 116 valence electrons. The third kappa shape index (κ3) is 4.25. The second kappa shape index (κ2) is 6.98. The quantitative estimate of drug-likeness (QED) is 0.825. The lowest BCUT2D eigenvalue weighted by Crippen LogP contribution is -2.10. The molecule has 0 saturated heterocycles. The molecule has 2 aromatic rings. The lowest BCUT2D eigenvalue weighted by Gasteiger charge is -2.11. The third-order valence-electron chi connectivity index (χ3n) is 3.24. The van der Waals surface area contributed by atoms with E-state index < -0.39 is 5.97 Å². The van der Waals surface area contributed by atoms with Crippen LogP contribution in [0.2, 0.25) is 0 Å². The number of carboxylic acid groups (broad SMARTS) is 1. The summed E-state index contributed by atoms with van der Waals surface area (Å²) in [5.74, 6) is 0.428. The lowest BCUT2D eigenvalue weighted by atomic mass is 10.1. The summed E-state index contributed by atoms with van der Waals surface area (Å²) in [5.41, 5.74) is 3.43. The van der Waals surface area contributed by atoms with Crippen LogP contribution < -0.4 is 9.47 Å². The minimum absolute atomic E-state index is 0.218. The molecule has 0 aromatic heterocycles. The van der Waals surface area contributed by atoms with Crippen molar-refractivity contribution < 1.29 is 19.4 Å². The van der Waals surface area contributed by atoms with Gasteiger partial charge in [0, 0.05) is 0 Å². The van der Waals surface area contributed by atoms with E-state index in [1.165, 1.54) is 6.07 Å². The van der Waals surface area contributed by atoms with Crippen molar-refractivity contribution >= 4 is 5.97 Å². The average Bonchev–Trinajstić information content (AvgIpc) is 2.44. The number of hydrogen-bond donors (Lipinski definition) is 1. The number of carboxylic acids is 1. The van der Waals surface area contributed by atoms with E-state index in [9.17, 15) is 4.79 Å². The summed E-state index contributed by atoms with van der Waals surface area (Å²) in [6, 6.07) is 10.9. The molecule has 0 heterocycles. The number of aryl methyl sites for hydroxylation is 3.